The van der Waals surface area contributed by atoms with Gasteiger partial charge in [0.15, 0.2) is 0 Å². The lowest BCUT2D eigenvalue weighted by Crippen LogP contribution is -2.14. The van der Waals surface area contributed by atoms with Gasteiger partial charge in [-0.1, -0.05) is 168 Å². The highest BCUT2D eigenvalue weighted by molar-refractivity contribution is 6.29. The van der Waals surface area contributed by atoms with Gasteiger partial charge in [0.2, 0.25) is 0 Å². The van der Waals surface area contributed by atoms with Gasteiger partial charge in [0.25, 0.3) is 0 Å². The van der Waals surface area contributed by atoms with Crippen molar-refractivity contribution in [1.82, 2.24) is 0 Å². The second-order valence-electron chi connectivity index (χ2n) is 15.7. The predicted molar refractivity (Wildman–Crippen MR) is 212 cm³/mol. The lowest BCUT2D eigenvalue weighted by Gasteiger charge is -2.23. The van der Waals surface area contributed by atoms with Crippen molar-refractivity contribution in [3.05, 3.63) is 156 Å². The van der Waals surface area contributed by atoms with E-state index >= 15 is 0 Å². The Morgan fingerprint density at radius 1 is 0.408 bits per heavy atom. The zero-order valence-corrected chi connectivity index (χ0v) is 28.8. The summed E-state index contributed by atoms with van der Waals surface area (Å²) in [7, 11) is 0. The Morgan fingerprint density at radius 3 is 1.61 bits per heavy atom. The van der Waals surface area contributed by atoms with Crippen molar-refractivity contribution in [1.29, 1.82) is 0 Å². The molecule has 9 aromatic rings. The Hall–Kier alpha value is -5.46. The molecule has 0 atom stereocenters. The van der Waals surface area contributed by atoms with Crippen molar-refractivity contribution in [3.63, 3.8) is 0 Å². The van der Waals surface area contributed by atoms with E-state index in [9.17, 15) is 0 Å². The molecule has 0 nitrogen and oxygen atoms in total. The smallest absolute Gasteiger partial charge is 0.0159 e. The van der Waals surface area contributed by atoms with Gasteiger partial charge in [-0.15, -0.1) is 0 Å². The van der Waals surface area contributed by atoms with E-state index in [2.05, 4.69) is 174 Å². The summed E-state index contributed by atoms with van der Waals surface area (Å²) in [6.07, 6.45) is 0. The average molecular weight is 627 g/mol. The van der Waals surface area contributed by atoms with Crippen LogP contribution in [0.1, 0.15) is 51.3 Å². The van der Waals surface area contributed by atoms with Crippen LogP contribution in [0.3, 0.4) is 0 Å². The van der Waals surface area contributed by atoms with Crippen LogP contribution in [0.25, 0.3) is 87.2 Å². The Bertz CT molecular complexity index is 2740. The predicted octanol–water partition coefficient (Wildman–Crippen LogP) is 13.8. The minimum atomic E-state index is -0.0527. The van der Waals surface area contributed by atoms with Crippen LogP contribution in [-0.4, -0.2) is 0 Å². The van der Waals surface area contributed by atoms with E-state index < -0.39 is 0 Å². The summed E-state index contributed by atoms with van der Waals surface area (Å²) in [5, 5.41) is 13.2. The summed E-state index contributed by atoms with van der Waals surface area (Å²) < 4.78 is 0. The summed E-state index contributed by atoms with van der Waals surface area (Å²) in [5.41, 5.74) is 12.2. The topological polar surface area (TPSA) is 0 Å². The third-order valence-electron chi connectivity index (χ3n) is 11.5. The number of benzene rings is 9. The first kappa shape index (κ1) is 28.5. The first-order valence-corrected chi connectivity index (χ1v) is 17.6. The van der Waals surface area contributed by atoms with Gasteiger partial charge >= 0.3 is 0 Å². The molecule has 1 aliphatic carbocycles. The molecule has 0 radical (unpaired) electrons. The van der Waals surface area contributed by atoms with E-state index in [1.807, 2.05) is 0 Å². The van der Waals surface area contributed by atoms with E-state index in [0.29, 0.717) is 0 Å². The van der Waals surface area contributed by atoms with Crippen molar-refractivity contribution in [2.45, 2.75) is 45.4 Å². The zero-order valence-electron chi connectivity index (χ0n) is 28.8. The molecule has 0 amide bonds. The normalized spacial score (nSPS) is 14.0. The van der Waals surface area contributed by atoms with Crippen molar-refractivity contribution < 1.29 is 0 Å². The standard InChI is InChI=1S/C49H38/c1-48(2,3)33-26-30-19-18-29-20-24-41(40-25-22-31(27-33)44(30)46(29)40)47-38-15-8-6-13-36(38)45(37-14-7-9-16-39(37)47)32-21-23-35-34-12-10-11-17-42(34)49(4,5)43(35)28-32/h6-28H,1-5H3. The van der Waals surface area contributed by atoms with Crippen LogP contribution < -0.4 is 0 Å². The number of rotatable bonds is 2. The van der Waals surface area contributed by atoms with Gasteiger partial charge in [-0.3, -0.25) is 0 Å². The molecule has 10 rings (SSSR count). The van der Waals surface area contributed by atoms with Crippen LogP contribution in [-0.2, 0) is 10.8 Å². The van der Waals surface area contributed by atoms with E-state index in [1.165, 1.54) is 104 Å². The molecule has 49 heavy (non-hydrogen) atoms. The molecule has 0 saturated heterocycles. The SMILES string of the molecule is CC(C)(C)c1cc2ccc3ccc(-c4c5ccccc5c(-c5ccc6c(c5)C(C)(C)c5ccccc5-6)c5ccccc45)c4ccc(c1)c2c34. The third kappa shape index (κ3) is 3.92. The Balaban J connectivity index is 1.27. The second-order valence-corrected chi connectivity index (χ2v) is 15.7. The van der Waals surface area contributed by atoms with Crippen LogP contribution in [0.15, 0.2) is 140 Å². The van der Waals surface area contributed by atoms with Crippen LogP contribution in [0, 0.1) is 0 Å². The maximum atomic E-state index is 2.48. The number of fused-ring (bicyclic) bond motifs is 5. The Kier molecular flexibility index (Phi) is 5.71. The van der Waals surface area contributed by atoms with Crippen molar-refractivity contribution in [3.8, 4) is 33.4 Å². The van der Waals surface area contributed by atoms with Gasteiger partial charge in [-0.05, 0) is 115 Å². The number of hydrogen-bond acceptors (Lipinski definition) is 0. The molecule has 0 heteroatoms. The van der Waals surface area contributed by atoms with Gasteiger partial charge in [0, 0.05) is 5.41 Å². The fourth-order valence-corrected chi connectivity index (χ4v) is 9.06. The Morgan fingerprint density at radius 2 is 0.939 bits per heavy atom. The van der Waals surface area contributed by atoms with Crippen molar-refractivity contribution in [2.75, 3.05) is 0 Å². The molecule has 0 aliphatic heterocycles. The molecule has 234 valence electrons. The summed E-state index contributed by atoms with van der Waals surface area (Å²) in [6.45, 7) is 11.7. The maximum absolute atomic E-state index is 2.48. The highest BCUT2D eigenvalue weighted by Gasteiger charge is 2.35. The van der Waals surface area contributed by atoms with Gasteiger partial charge in [0.1, 0.15) is 0 Å². The molecule has 0 aromatic heterocycles. The van der Waals surface area contributed by atoms with Crippen LogP contribution >= 0.6 is 0 Å². The maximum Gasteiger partial charge on any atom is 0.0159 e. The first-order chi connectivity index (χ1) is 23.7. The van der Waals surface area contributed by atoms with E-state index in [1.54, 1.807) is 0 Å². The summed E-state index contributed by atoms with van der Waals surface area (Å²) in [4.78, 5) is 0. The van der Waals surface area contributed by atoms with Gasteiger partial charge < -0.3 is 0 Å². The number of hydrogen-bond donors (Lipinski definition) is 0. The third-order valence-corrected chi connectivity index (χ3v) is 11.5. The van der Waals surface area contributed by atoms with Crippen LogP contribution in [0.4, 0.5) is 0 Å². The fourth-order valence-electron chi connectivity index (χ4n) is 9.06. The average Bonchev–Trinajstić information content (AvgIpc) is 3.34. The van der Waals surface area contributed by atoms with E-state index in [0.717, 1.165) is 0 Å². The molecular formula is C49H38. The lowest BCUT2D eigenvalue weighted by atomic mass is 9.80. The van der Waals surface area contributed by atoms with Gasteiger partial charge in [-0.25, -0.2) is 0 Å². The van der Waals surface area contributed by atoms with Gasteiger partial charge in [-0.2, -0.15) is 0 Å². The van der Waals surface area contributed by atoms with Crippen molar-refractivity contribution >= 4 is 53.9 Å². The molecule has 0 bridgehead atoms. The molecule has 0 fully saturated rings. The van der Waals surface area contributed by atoms with Gasteiger partial charge in [0.05, 0.1) is 0 Å². The highest BCUT2D eigenvalue weighted by Crippen LogP contribution is 2.52. The largest absolute Gasteiger partial charge is 0.0619 e. The molecule has 1 aliphatic rings. The summed E-state index contributed by atoms with van der Waals surface area (Å²) >= 11 is 0. The summed E-state index contributed by atoms with van der Waals surface area (Å²) in [5.74, 6) is 0. The van der Waals surface area contributed by atoms with E-state index in [-0.39, 0.29) is 10.8 Å². The molecule has 0 N–H and O–H groups in total. The van der Waals surface area contributed by atoms with Crippen LogP contribution in [0.5, 0.6) is 0 Å². The molecule has 9 aromatic carbocycles. The second kappa shape index (κ2) is 9.80. The minimum absolute atomic E-state index is 0.0527. The molecule has 0 saturated carbocycles. The fraction of sp³-hybridized carbons (Fsp3) is 0.143. The molecule has 0 spiro atoms. The highest BCUT2D eigenvalue weighted by atomic mass is 14.4. The first-order valence-electron chi connectivity index (χ1n) is 17.6. The molecule has 0 unspecified atom stereocenters. The zero-order chi connectivity index (χ0) is 33.2. The quantitative estimate of drug-likeness (QED) is 0.132. The van der Waals surface area contributed by atoms with Crippen molar-refractivity contribution in [2.24, 2.45) is 0 Å². The molecular weight excluding hydrogens is 589 g/mol. The molecule has 0 heterocycles. The van der Waals surface area contributed by atoms with E-state index in [4.69, 9.17) is 0 Å². The lowest BCUT2D eigenvalue weighted by molar-refractivity contribution is 0.591. The Labute approximate surface area is 288 Å². The monoisotopic (exact) mass is 626 g/mol. The van der Waals surface area contributed by atoms with Crippen LogP contribution in [0.2, 0.25) is 0 Å². The summed E-state index contributed by atoms with van der Waals surface area (Å²) in [6, 6.07) is 53.1. The minimum Gasteiger partial charge on any atom is -0.0619 e.